The number of carbonyl (C=O) groups excluding carboxylic acids is 2. The molecule has 0 bridgehead atoms. The Morgan fingerprint density at radius 2 is 1.57 bits per heavy atom. The van der Waals surface area contributed by atoms with Crippen LogP contribution in [0.3, 0.4) is 0 Å². The molecule has 0 atom stereocenters. The van der Waals surface area contributed by atoms with Gasteiger partial charge >= 0.3 is 0 Å². The number of fused-ring (bicyclic) bond motifs is 2. The second kappa shape index (κ2) is 15.3. The van der Waals surface area contributed by atoms with Crippen LogP contribution in [-0.4, -0.2) is 105 Å². The molecule has 5 rings (SSSR count). The van der Waals surface area contributed by atoms with Gasteiger partial charge in [0.1, 0.15) is 34.2 Å². The summed E-state index contributed by atoms with van der Waals surface area (Å²) in [5.41, 5.74) is 2.16. The largest absolute Gasteiger partial charge is 0.495 e. The smallest absolute Gasteiger partial charge is 0.270 e. The molecule has 2 amide bonds. The Morgan fingerprint density at radius 1 is 0.918 bits per heavy atom. The Balaban J connectivity index is 1.52. The van der Waals surface area contributed by atoms with Gasteiger partial charge in [-0.25, -0.2) is 0 Å². The van der Waals surface area contributed by atoms with Crippen molar-refractivity contribution in [1.82, 2.24) is 24.4 Å². The summed E-state index contributed by atoms with van der Waals surface area (Å²) in [5, 5.41) is 10.7. The molecule has 0 aliphatic rings. The molecule has 0 aliphatic carbocycles. The molecule has 1 N–H and O–H groups in total. The van der Waals surface area contributed by atoms with E-state index in [1.807, 2.05) is 70.5 Å². The topological polar surface area (TPSA) is 105 Å². The van der Waals surface area contributed by atoms with E-state index in [2.05, 4.69) is 20.3 Å². The molecule has 0 fully saturated rings. The molecule has 0 spiro atoms. The number of carbonyl (C=O) groups is 2. The summed E-state index contributed by atoms with van der Waals surface area (Å²) in [6, 6.07) is 13.1. The van der Waals surface area contributed by atoms with Gasteiger partial charge in [0, 0.05) is 48.1 Å². The van der Waals surface area contributed by atoms with Gasteiger partial charge in [-0.1, -0.05) is 41.0 Å². The number of ether oxygens (including phenoxy) is 2. The maximum Gasteiger partial charge on any atom is 0.270 e. The average molecular weight is 689 g/mol. The normalized spacial score (nSPS) is 11.6. The van der Waals surface area contributed by atoms with E-state index >= 15 is 0 Å². The number of rotatable bonds is 14. The van der Waals surface area contributed by atoms with Crippen molar-refractivity contribution in [3.8, 4) is 22.8 Å². The fourth-order valence-corrected chi connectivity index (χ4v) is 6.61. The van der Waals surface area contributed by atoms with Crippen LogP contribution < -0.4 is 14.8 Å². The minimum absolute atomic E-state index is 0.0814. The van der Waals surface area contributed by atoms with Crippen molar-refractivity contribution in [3.05, 3.63) is 70.7 Å². The molecule has 2 aromatic heterocycles. The summed E-state index contributed by atoms with van der Waals surface area (Å²) in [5.74, 6) is 0.933. The van der Waals surface area contributed by atoms with Crippen molar-refractivity contribution in [3.63, 3.8) is 0 Å². The first-order chi connectivity index (χ1) is 23.5. The van der Waals surface area contributed by atoms with Gasteiger partial charge in [0.15, 0.2) is 0 Å². The lowest BCUT2D eigenvalue weighted by molar-refractivity contribution is 0.0735. The minimum Gasteiger partial charge on any atom is -0.495 e. The van der Waals surface area contributed by atoms with Gasteiger partial charge < -0.3 is 38.6 Å². The highest BCUT2D eigenvalue weighted by molar-refractivity contribution is 6.40. The van der Waals surface area contributed by atoms with Crippen LogP contribution in [0.15, 0.2) is 53.2 Å². The Morgan fingerprint density at radius 3 is 2.18 bits per heavy atom. The average Bonchev–Trinajstić information content (AvgIpc) is 3.63. The first-order valence-electron chi connectivity index (χ1n) is 16.2. The van der Waals surface area contributed by atoms with Gasteiger partial charge in [-0.15, -0.1) is 0 Å². The van der Waals surface area contributed by atoms with Crippen LogP contribution in [0.4, 0.5) is 5.69 Å². The first-order valence-corrected chi connectivity index (χ1v) is 16.6. The van der Waals surface area contributed by atoms with Gasteiger partial charge in [-0.2, -0.15) is 0 Å². The number of hydrogen-bond donors (Lipinski definition) is 1. The molecule has 260 valence electrons. The number of aryl methyl sites for hydroxylation is 2. The van der Waals surface area contributed by atoms with Gasteiger partial charge in [0.25, 0.3) is 11.8 Å². The number of halogens is 1. The standard InChI is InChI=1S/C37H45ClN6O5/c1-23-30(36(45)39-24-21-28(43(6)22-24)37(46)44(19-11-17-41(2)3)20-12-18-42(4)5)34(40-49-23)32-25-13-9-10-14-26(25)35(48-8)27-15-16-29(47-7)33(38)31(27)32/h9-10,13-16,21-22H,11-12,17-20H2,1-8H3,(H,39,45). The van der Waals surface area contributed by atoms with Crippen molar-refractivity contribution in [2.45, 2.75) is 19.8 Å². The molecular formula is C37H45ClN6O5. The van der Waals surface area contributed by atoms with E-state index in [9.17, 15) is 9.59 Å². The summed E-state index contributed by atoms with van der Waals surface area (Å²) in [6.45, 7) is 4.72. The SMILES string of the molecule is COc1ccc2c(OC)c3ccccc3c(-c3noc(C)c3C(=O)Nc3cc(C(=O)N(CCCN(C)C)CCCN(C)C)n(C)c3)c2c1Cl. The molecule has 11 nitrogen and oxygen atoms in total. The summed E-state index contributed by atoms with van der Waals surface area (Å²) in [7, 11) is 13.1. The third-order valence-corrected chi connectivity index (χ3v) is 9.00. The molecular weight excluding hydrogens is 644 g/mol. The van der Waals surface area contributed by atoms with Gasteiger partial charge in [0.2, 0.25) is 0 Å². The maximum absolute atomic E-state index is 14.1. The quantitative estimate of drug-likeness (QED) is 0.131. The molecule has 0 aliphatic heterocycles. The van der Waals surface area contributed by atoms with Crippen LogP contribution in [0.25, 0.3) is 32.8 Å². The van der Waals surface area contributed by atoms with Crippen molar-refractivity contribution in [2.24, 2.45) is 7.05 Å². The number of nitrogens with one attached hydrogen (secondary N) is 1. The first kappa shape index (κ1) is 35.7. The van der Waals surface area contributed by atoms with Crippen LogP contribution in [0.2, 0.25) is 5.02 Å². The molecule has 0 radical (unpaired) electrons. The second-order valence-electron chi connectivity index (χ2n) is 12.7. The molecule has 0 unspecified atom stereocenters. The maximum atomic E-state index is 14.1. The van der Waals surface area contributed by atoms with Crippen molar-refractivity contribution in [2.75, 3.05) is 73.9 Å². The Kier molecular flexibility index (Phi) is 11.2. The third-order valence-electron chi connectivity index (χ3n) is 8.63. The third kappa shape index (κ3) is 7.39. The van der Waals surface area contributed by atoms with E-state index in [0.29, 0.717) is 63.4 Å². The summed E-state index contributed by atoms with van der Waals surface area (Å²) >= 11 is 6.98. The predicted molar refractivity (Wildman–Crippen MR) is 195 cm³/mol. The molecule has 3 aromatic carbocycles. The Bertz CT molecular complexity index is 1970. The highest BCUT2D eigenvalue weighted by atomic mass is 35.5. The monoisotopic (exact) mass is 688 g/mol. The fourth-order valence-electron chi connectivity index (χ4n) is 6.27. The lowest BCUT2D eigenvalue weighted by Gasteiger charge is -2.24. The number of amides is 2. The van der Waals surface area contributed by atoms with Crippen LogP contribution in [0.1, 0.15) is 39.4 Å². The molecule has 0 saturated carbocycles. The second-order valence-corrected chi connectivity index (χ2v) is 13.1. The van der Waals surface area contributed by atoms with Crippen LogP contribution in [0, 0.1) is 6.92 Å². The number of nitrogens with zero attached hydrogens (tertiary/aromatic N) is 5. The van der Waals surface area contributed by atoms with Gasteiger partial charge in [-0.05, 0) is 84.6 Å². The van der Waals surface area contributed by atoms with E-state index in [4.69, 9.17) is 25.6 Å². The molecule has 0 saturated heterocycles. The van der Waals surface area contributed by atoms with E-state index in [1.165, 1.54) is 0 Å². The molecule has 2 heterocycles. The number of aromatic nitrogens is 2. The zero-order valence-corrected chi connectivity index (χ0v) is 30.3. The van der Waals surface area contributed by atoms with E-state index in [-0.39, 0.29) is 11.5 Å². The van der Waals surface area contributed by atoms with Crippen LogP contribution in [0.5, 0.6) is 11.5 Å². The van der Waals surface area contributed by atoms with Crippen molar-refractivity contribution < 1.29 is 23.6 Å². The Hall–Kier alpha value is -4.58. The summed E-state index contributed by atoms with van der Waals surface area (Å²) in [4.78, 5) is 34.1. The highest BCUT2D eigenvalue weighted by Gasteiger charge is 2.29. The summed E-state index contributed by atoms with van der Waals surface area (Å²) < 4.78 is 18.9. The van der Waals surface area contributed by atoms with Gasteiger partial charge in [-0.3, -0.25) is 9.59 Å². The number of hydrogen-bond acceptors (Lipinski definition) is 8. The van der Waals surface area contributed by atoms with Crippen LogP contribution >= 0.6 is 11.6 Å². The molecule has 5 aromatic rings. The zero-order chi connectivity index (χ0) is 35.4. The lowest BCUT2D eigenvalue weighted by atomic mass is 9.91. The fraction of sp³-hybridized carbons (Fsp3) is 0.378. The molecule has 49 heavy (non-hydrogen) atoms. The van der Waals surface area contributed by atoms with E-state index in [1.54, 1.807) is 44.0 Å². The van der Waals surface area contributed by atoms with E-state index < -0.39 is 5.91 Å². The predicted octanol–water partition coefficient (Wildman–Crippen LogP) is 6.56. The number of benzene rings is 3. The zero-order valence-electron chi connectivity index (χ0n) is 29.5. The summed E-state index contributed by atoms with van der Waals surface area (Å²) in [6.07, 6.45) is 3.45. The van der Waals surface area contributed by atoms with E-state index in [0.717, 1.165) is 42.1 Å². The van der Waals surface area contributed by atoms with Crippen LogP contribution in [-0.2, 0) is 7.05 Å². The van der Waals surface area contributed by atoms with Gasteiger partial charge in [0.05, 0.1) is 24.9 Å². The number of anilines is 1. The highest BCUT2D eigenvalue weighted by Crippen LogP contribution is 2.48. The molecule has 12 heteroatoms. The van der Waals surface area contributed by atoms with Crippen molar-refractivity contribution >= 4 is 50.6 Å². The van der Waals surface area contributed by atoms with Crippen molar-refractivity contribution in [1.29, 1.82) is 0 Å². The lowest BCUT2D eigenvalue weighted by Crippen LogP contribution is -2.36. The Labute approximate surface area is 292 Å². The minimum atomic E-state index is -0.431. The number of methoxy groups -OCH3 is 2.